The average Bonchev–Trinajstić information content (AvgIpc) is 2.80. The van der Waals surface area contributed by atoms with Gasteiger partial charge in [0.2, 0.25) is 9.84 Å². The number of para-hydroxylation sites is 2. The van der Waals surface area contributed by atoms with Crippen molar-refractivity contribution in [2.24, 2.45) is 0 Å². The first-order valence-electron chi connectivity index (χ1n) is 10.5. The lowest BCUT2D eigenvalue weighted by Gasteiger charge is -2.42. The van der Waals surface area contributed by atoms with Gasteiger partial charge >= 0.3 is 0 Å². The highest BCUT2D eigenvalue weighted by Crippen LogP contribution is 2.53. The summed E-state index contributed by atoms with van der Waals surface area (Å²) in [6, 6.07) is 29.8. The molecule has 2 aliphatic rings. The second kappa shape index (κ2) is 6.74. The van der Waals surface area contributed by atoms with Crippen molar-refractivity contribution < 1.29 is 8.42 Å². The molecule has 3 nitrogen and oxygen atoms in total. The molecule has 158 valence electrons. The summed E-state index contributed by atoms with van der Waals surface area (Å²) in [4.78, 5) is 4.50. The summed E-state index contributed by atoms with van der Waals surface area (Å²) >= 11 is 1.51. The zero-order chi connectivity index (χ0) is 22.1. The fourth-order valence-electron chi connectivity index (χ4n) is 4.87. The highest BCUT2D eigenvalue weighted by Gasteiger charge is 2.37. The normalized spacial score (nSPS) is 17.0. The molecule has 6 rings (SSSR count). The Bertz CT molecular complexity index is 1460. The topological polar surface area (TPSA) is 37.4 Å². The maximum Gasteiger partial charge on any atom is 0.208 e. The van der Waals surface area contributed by atoms with Crippen molar-refractivity contribution >= 4 is 38.7 Å². The maximum absolute atomic E-state index is 13.5. The van der Waals surface area contributed by atoms with Gasteiger partial charge in [0.15, 0.2) is 0 Å². The van der Waals surface area contributed by atoms with E-state index < -0.39 is 9.84 Å². The van der Waals surface area contributed by atoms with Crippen LogP contribution in [-0.4, -0.2) is 8.42 Å². The van der Waals surface area contributed by atoms with Crippen molar-refractivity contribution in [3.8, 4) is 0 Å². The summed E-state index contributed by atoms with van der Waals surface area (Å²) in [5, 5.41) is 0. The van der Waals surface area contributed by atoms with Gasteiger partial charge in [0.25, 0.3) is 0 Å². The van der Waals surface area contributed by atoms with Gasteiger partial charge in [0.05, 0.1) is 21.2 Å². The largest absolute Gasteiger partial charge is 0.310 e. The molecule has 0 saturated carbocycles. The van der Waals surface area contributed by atoms with Crippen LogP contribution in [0.1, 0.15) is 25.0 Å². The van der Waals surface area contributed by atoms with E-state index >= 15 is 0 Å². The number of anilines is 3. The van der Waals surface area contributed by atoms with Crippen LogP contribution in [0.15, 0.2) is 111 Å². The van der Waals surface area contributed by atoms with E-state index in [4.69, 9.17) is 0 Å². The standard InChI is InChI=1S/C27H21NO2S2/c1-27(2)19-9-3-5-11-21(19)28(22-12-6-4-10-20(22)27)18-15-16-24-26(17-18)32(29,30)25-14-8-7-13-23(25)31-24/h3-17H,1-2H3. The number of rotatable bonds is 1. The van der Waals surface area contributed by atoms with Gasteiger partial charge in [-0.2, -0.15) is 0 Å². The lowest BCUT2D eigenvalue weighted by Crippen LogP contribution is -2.30. The van der Waals surface area contributed by atoms with Crippen molar-refractivity contribution in [3.05, 3.63) is 102 Å². The van der Waals surface area contributed by atoms with Crippen LogP contribution in [0.2, 0.25) is 0 Å². The minimum atomic E-state index is -3.59. The fraction of sp³-hybridized carbons (Fsp3) is 0.111. The summed E-state index contributed by atoms with van der Waals surface area (Å²) in [5.74, 6) is 0. The Morgan fingerprint density at radius 3 is 1.94 bits per heavy atom. The van der Waals surface area contributed by atoms with Gasteiger partial charge < -0.3 is 4.90 Å². The molecule has 0 aromatic heterocycles. The Morgan fingerprint density at radius 2 is 1.25 bits per heavy atom. The molecule has 4 aromatic carbocycles. The number of nitrogens with zero attached hydrogens (tertiary/aromatic N) is 1. The van der Waals surface area contributed by atoms with Gasteiger partial charge in [-0.15, -0.1) is 0 Å². The van der Waals surface area contributed by atoms with Crippen LogP contribution < -0.4 is 4.90 Å². The number of fused-ring (bicyclic) bond motifs is 4. The van der Waals surface area contributed by atoms with Crippen LogP contribution in [0.25, 0.3) is 0 Å². The maximum atomic E-state index is 13.5. The Balaban J connectivity index is 1.59. The predicted molar refractivity (Wildman–Crippen MR) is 129 cm³/mol. The van der Waals surface area contributed by atoms with Crippen LogP contribution >= 0.6 is 11.8 Å². The van der Waals surface area contributed by atoms with Crippen molar-refractivity contribution in [2.75, 3.05) is 4.90 Å². The predicted octanol–water partition coefficient (Wildman–Crippen LogP) is 7.09. The summed E-state index contributed by atoms with van der Waals surface area (Å²) < 4.78 is 27.0. The third-order valence-electron chi connectivity index (χ3n) is 6.47. The van der Waals surface area contributed by atoms with Gasteiger partial charge in [-0.25, -0.2) is 8.42 Å². The lowest BCUT2D eigenvalue weighted by atomic mass is 9.73. The molecule has 0 spiro atoms. The van der Waals surface area contributed by atoms with E-state index in [9.17, 15) is 8.42 Å². The summed E-state index contributed by atoms with van der Waals surface area (Å²) in [6.07, 6.45) is 0. The van der Waals surface area contributed by atoms with Gasteiger partial charge in [-0.3, -0.25) is 0 Å². The Labute approximate surface area is 192 Å². The minimum absolute atomic E-state index is 0.154. The van der Waals surface area contributed by atoms with Gasteiger partial charge in [0, 0.05) is 20.9 Å². The monoisotopic (exact) mass is 455 g/mol. The van der Waals surface area contributed by atoms with Crippen molar-refractivity contribution in [1.29, 1.82) is 0 Å². The summed E-state index contributed by atoms with van der Waals surface area (Å²) in [7, 11) is -3.59. The van der Waals surface area contributed by atoms with Crippen molar-refractivity contribution in [3.63, 3.8) is 0 Å². The molecule has 0 radical (unpaired) electrons. The van der Waals surface area contributed by atoms with E-state index in [0.29, 0.717) is 9.79 Å². The first kappa shape index (κ1) is 19.6. The molecular formula is C27H21NO2S2. The molecule has 0 amide bonds. The van der Waals surface area contributed by atoms with Crippen LogP contribution in [0.4, 0.5) is 17.1 Å². The molecule has 2 heterocycles. The first-order chi connectivity index (χ1) is 15.4. The first-order valence-corrected chi connectivity index (χ1v) is 12.8. The molecule has 0 atom stereocenters. The summed E-state index contributed by atoms with van der Waals surface area (Å²) in [5.41, 5.74) is 5.30. The molecule has 0 saturated heterocycles. The Morgan fingerprint density at radius 1 is 0.688 bits per heavy atom. The fourth-order valence-corrected chi connectivity index (χ4v) is 8.06. The van der Waals surface area contributed by atoms with Gasteiger partial charge in [-0.05, 0) is 53.6 Å². The molecule has 2 aliphatic heterocycles. The smallest absolute Gasteiger partial charge is 0.208 e. The molecule has 0 fully saturated rings. The van der Waals surface area contributed by atoms with E-state index in [-0.39, 0.29) is 5.41 Å². The third-order valence-corrected chi connectivity index (χ3v) is 9.73. The Kier molecular flexibility index (Phi) is 4.14. The Hall–Kier alpha value is -3.02. The molecule has 5 heteroatoms. The molecule has 32 heavy (non-hydrogen) atoms. The van der Waals surface area contributed by atoms with Crippen LogP contribution in [-0.2, 0) is 15.3 Å². The van der Waals surface area contributed by atoms with E-state index in [2.05, 4.69) is 55.1 Å². The van der Waals surface area contributed by atoms with Crippen LogP contribution in [0, 0.1) is 0 Å². The van der Waals surface area contributed by atoms with E-state index in [1.807, 2.05) is 42.5 Å². The SMILES string of the molecule is CC1(C)c2ccccc2N(c2ccc3c(c2)S(=O)(=O)c2ccccc2S3)c2ccccc21. The molecule has 0 aliphatic carbocycles. The average molecular weight is 456 g/mol. The second-order valence-corrected chi connectivity index (χ2v) is 11.6. The third kappa shape index (κ3) is 2.64. The van der Waals surface area contributed by atoms with Crippen molar-refractivity contribution in [1.82, 2.24) is 0 Å². The zero-order valence-corrected chi connectivity index (χ0v) is 19.4. The highest BCUT2D eigenvalue weighted by molar-refractivity contribution is 8.02. The number of sulfone groups is 1. The second-order valence-electron chi connectivity index (χ2n) is 8.68. The highest BCUT2D eigenvalue weighted by atomic mass is 32.2. The van der Waals surface area contributed by atoms with E-state index in [0.717, 1.165) is 26.9 Å². The van der Waals surface area contributed by atoms with Crippen molar-refractivity contribution in [2.45, 2.75) is 38.8 Å². The number of hydrogen-bond donors (Lipinski definition) is 0. The number of benzene rings is 4. The number of hydrogen-bond acceptors (Lipinski definition) is 4. The quantitative estimate of drug-likeness (QED) is 0.270. The van der Waals surface area contributed by atoms with E-state index in [1.165, 1.54) is 22.9 Å². The van der Waals surface area contributed by atoms with E-state index in [1.54, 1.807) is 12.1 Å². The minimum Gasteiger partial charge on any atom is -0.310 e. The van der Waals surface area contributed by atoms with Crippen LogP contribution in [0.3, 0.4) is 0 Å². The molecular weight excluding hydrogens is 434 g/mol. The van der Waals surface area contributed by atoms with Gasteiger partial charge in [0.1, 0.15) is 0 Å². The molecule has 4 aromatic rings. The molecule has 0 unspecified atom stereocenters. The molecule has 0 bridgehead atoms. The molecule has 0 N–H and O–H groups in total. The van der Waals surface area contributed by atoms with Gasteiger partial charge in [-0.1, -0.05) is 74.1 Å². The summed E-state index contributed by atoms with van der Waals surface area (Å²) in [6.45, 7) is 4.49. The van der Waals surface area contributed by atoms with Crippen LogP contribution in [0.5, 0.6) is 0 Å². The lowest BCUT2D eigenvalue weighted by molar-refractivity contribution is 0.591. The zero-order valence-electron chi connectivity index (χ0n) is 17.7.